The molecule has 4 N–H and O–H groups in total. The molecule has 0 bridgehead atoms. The van der Waals surface area contributed by atoms with E-state index in [0.29, 0.717) is 13.0 Å². The number of phenolic OH excluding ortho intramolecular Hbond substituents is 1. The van der Waals surface area contributed by atoms with Crippen LogP contribution in [0, 0.1) is 0 Å². The van der Waals surface area contributed by atoms with Crippen LogP contribution >= 0.6 is 0 Å². The van der Waals surface area contributed by atoms with Gasteiger partial charge in [-0.15, -0.1) is 0 Å². The van der Waals surface area contributed by atoms with E-state index in [1.54, 1.807) is 24.3 Å². The fourth-order valence-electron chi connectivity index (χ4n) is 3.18. The van der Waals surface area contributed by atoms with Gasteiger partial charge in [0.25, 0.3) is 0 Å². The first-order valence-corrected chi connectivity index (χ1v) is 8.87. The van der Waals surface area contributed by atoms with Crippen LogP contribution in [-0.2, 0) is 0 Å². The lowest BCUT2D eigenvalue weighted by Crippen LogP contribution is -3.00. The first-order valence-electron chi connectivity index (χ1n) is 8.87. The Bertz CT molecular complexity index is 890. The molecule has 3 aromatic rings. The summed E-state index contributed by atoms with van der Waals surface area (Å²) in [4.78, 5) is 12.6. The number of carbonyl (C=O) groups is 1. The van der Waals surface area contributed by atoms with Crippen LogP contribution in [0.4, 0.5) is 0 Å². The van der Waals surface area contributed by atoms with Gasteiger partial charge in [0.1, 0.15) is 17.9 Å². The first kappa shape index (κ1) is 20.9. The Morgan fingerprint density at radius 1 is 1.00 bits per heavy atom. The number of Topliss-reactive ketones (excluding diaryl/α,β-unsaturated/α-hetero) is 1. The number of aliphatic hydroxyl groups is 1. The Morgan fingerprint density at radius 2 is 1.67 bits per heavy atom. The number of halogens is 1. The summed E-state index contributed by atoms with van der Waals surface area (Å²) in [6, 6.07) is 20.2. The van der Waals surface area contributed by atoms with E-state index in [2.05, 4.69) is 0 Å². The minimum absolute atomic E-state index is 0. The van der Waals surface area contributed by atoms with Crippen molar-refractivity contribution < 1.29 is 32.7 Å². The van der Waals surface area contributed by atoms with Gasteiger partial charge in [-0.3, -0.25) is 4.79 Å². The van der Waals surface area contributed by atoms with Crippen LogP contribution < -0.4 is 17.7 Å². The third-order valence-corrected chi connectivity index (χ3v) is 4.73. The summed E-state index contributed by atoms with van der Waals surface area (Å²) >= 11 is 0. The van der Waals surface area contributed by atoms with Crippen molar-refractivity contribution >= 4 is 16.6 Å². The summed E-state index contributed by atoms with van der Waals surface area (Å²) in [5.41, 5.74) is 1.51. The molecular formula is C22H24ClNO3. The van der Waals surface area contributed by atoms with Gasteiger partial charge in [-0.05, 0) is 35.4 Å². The molecule has 0 aliphatic rings. The first-order chi connectivity index (χ1) is 12.6. The molecule has 0 aliphatic heterocycles. The van der Waals surface area contributed by atoms with Crippen molar-refractivity contribution in [2.24, 2.45) is 0 Å². The Hall–Kier alpha value is -2.40. The van der Waals surface area contributed by atoms with Crippen molar-refractivity contribution in [1.29, 1.82) is 0 Å². The normalized spacial score (nSPS) is 13.0. The number of rotatable bonds is 7. The van der Waals surface area contributed by atoms with E-state index in [0.717, 1.165) is 21.9 Å². The molecular weight excluding hydrogens is 362 g/mol. The average molecular weight is 386 g/mol. The lowest BCUT2D eigenvalue weighted by molar-refractivity contribution is -0.693. The maximum Gasteiger partial charge on any atom is 0.169 e. The molecule has 2 unspecified atom stereocenters. The van der Waals surface area contributed by atoms with Gasteiger partial charge < -0.3 is 27.9 Å². The minimum atomic E-state index is -0.650. The number of hydrogen-bond acceptors (Lipinski definition) is 3. The number of carbonyl (C=O) groups excluding carboxylic acids is 1. The maximum atomic E-state index is 12.6. The van der Waals surface area contributed by atoms with Crippen LogP contribution in [0.2, 0.25) is 0 Å². The second kappa shape index (κ2) is 9.51. The van der Waals surface area contributed by atoms with Crippen molar-refractivity contribution in [3.05, 3.63) is 77.9 Å². The highest BCUT2D eigenvalue weighted by Crippen LogP contribution is 2.20. The van der Waals surface area contributed by atoms with Gasteiger partial charge in [0.15, 0.2) is 5.78 Å². The smallest absolute Gasteiger partial charge is 0.169 e. The molecule has 0 fully saturated rings. The third kappa shape index (κ3) is 5.07. The summed E-state index contributed by atoms with van der Waals surface area (Å²) < 4.78 is 0. The molecule has 0 heterocycles. The van der Waals surface area contributed by atoms with Gasteiger partial charge >= 0.3 is 0 Å². The zero-order valence-electron chi connectivity index (χ0n) is 15.2. The van der Waals surface area contributed by atoms with Gasteiger partial charge in [0.2, 0.25) is 0 Å². The summed E-state index contributed by atoms with van der Waals surface area (Å²) in [7, 11) is 0. The van der Waals surface area contributed by atoms with Crippen LogP contribution in [0.25, 0.3) is 10.8 Å². The van der Waals surface area contributed by atoms with Gasteiger partial charge in [-0.25, -0.2) is 0 Å². The van der Waals surface area contributed by atoms with Gasteiger partial charge in [0, 0.05) is 5.56 Å². The molecule has 0 radical (unpaired) electrons. The summed E-state index contributed by atoms with van der Waals surface area (Å²) in [6.45, 7) is 2.54. The van der Waals surface area contributed by atoms with Gasteiger partial charge in [-0.1, -0.05) is 54.6 Å². The second-order valence-electron chi connectivity index (χ2n) is 6.62. The number of phenols is 1. The van der Waals surface area contributed by atoms with Crippen molar-refractivity contribution in [2.75, 3.05) is 6.54 Å². The molecule has 142 valence electrons. The van der Waals surface area contributed by atoms with Crippen LogP contribution in [0.5, 0.6) is 5.75 Å². The topological polar surface area (TPSA) is 74.1 Å². The SMILES string of the molecule is CC([NH2+]CCC(=O)c1cccc2ccccc12)C(O)c1ccc(O)cc1.[Cl-]. The predicted molar refractivity (Wildman–Crippen MR) is 102 cm³/mol. The zero-order valence-corrected chi connectivity index (χ0v) is 15.9. The maximum absolute atomic E-state index is 12.6. The molecule has 0 saturated carbocycles. The number of aromatic hydroxyl groups is 1. The van der Waals surface area contributed by atoms with E-state index in [1.165, 1.54) is 0 Å². The van der Waals surface area contributed by atoms with E-state index in [1.807, 2.05) is 54.7 Å². The van der Waals surface area contributed by atoms with E-state index in [4.69, 9.17) is 0 Å². The molecule has 0 aromatic heterocycles. The molecule has 5 heteroatoms. The lowest BCUT2D eigenvalue weighted by Gasteiger charge is -2.17. The van der Waals surface area contributed by atoms with Gasteiger partial charge in [0.05, 0.1) is 13.0 Å². The van der Waals surface area contributed by atoms with Crippen LogP contribution in [-0.4, -0.2) is 28.6 Å². The standard InChI is InChI=1S/C22H23NO3.ClH/c1-15(22(26)17-9-11-18(24)12-10-17)23-14-13-21(25)20-8-4-6-16-5-2-3-7-19(16)20;/h2-12,15,22-24,26H,13-14H2,1H3;1H. The van der Waals surface area contributed by atoms with Crippen LogP contribution in [0.1, 0.15) is 35.4 Å². The van der Waals surface area contributed by atoms with Gasteiger partial charge in [-0.2, -0.15) is 0 Å². The third-order valence-electron chi connectivity index (χ3n) is 4.73. The highest BCUT2D eigenvalue weighted by molar-refractivity contribution is 6.08. The lowest BCUT2D eigenvalue weighted by atomic mass is 9.99. The Morgan fingerprint density at radius 3 is 2.41 bits per heavy atom. The molecule has 3 aromatic carbocycles. The number of benzene rings is 3. The highest BCUT2D eigenvalue weighted by atomic mass is 35.5. The Kier molecular flexibility index (Phi) is 7.36. The second-order valence-corrected chi connectivity index (χ2v) is 6.62. The molecule has 27 heavy (non-hydrogen) atoms. The fourth-order valence-corrected chi connectivity index (χ4v) is 3.18. The summed E-state index contributed by atoms with van der Waals surface area (Å²) in [6.07, 6.45) is -0.232. The minimum Gasteiger partial charge on any atom is -1.00 e. The van der Waals surface area contributed by atoms with E-state index in [9.17, 15) is 15.0 Å². The number of nitrogens with two attached hydrogens (primary N) is 1. The molecule has 3 rings (SSSR count). The van der Waals surface area contributed by atoms with E-state index in [-0.39, 0.29) is 30.0 Å². The molecule has 0 amide bonds. The number of ketones is 1. The Balaban J connectivity index is 0.00000261. The summed E-state index contributed by atoms with van der Waals surface area (Å²) in [5, 5.41) is 23.8. The molecule has 0 saturated heterocycles. The van der Waals surface area contributed by atoms with Crippen molar-refractivity contribution in [3.63, 3.8) is 0 Å². The molecule has 4 nitrogen and oxygen atoms in total. The molecule has 2 atom stereocenters. The van der Waals surface area contributed by atoms with Crippen molar-refractivity contribution in [1.82, 2.24) is 0 Å². The van der Waals surface area contributed by atoms with E-state index >= 15 is 0 Å². The predicted octanol–water partition coefficient (Wildman–Crippen LogP) is -0.192. The number of aliphatic hydroxyl groups excluding tert-OH is 1. The van der Waals surface area contributed by atoms with Crippen LogP contribution in [0.3, 0.4) is 0 Å². The number of fused-ring (bicyclic) bond motifs is 1. The zero-order chi connectivity index (χ0) is 18.5. The largest absolute Gasteiger partial charge is 1.00 e. The highest BCUT2D eigenvalue weighted by Gasteiger charge is 2.20. The fraction of sp³-hybridized carbons (Fsp3) is 0.227. The quantitative estimate of drug-likeness (QED) is 0.493. The number of quaternary nitrogens is 1. The number of hydrogen-bond donors (Lipinski definition) is 3. The van der Waals surface area contributed by atoms with Crippen molar-refractivity contribution in [2.45, 2.75) is 25.5 Å². The van der Waals surface area contributed by atoms with Crippen molar-refractivity contribution in [3.8, 4) is 5.75 Å². The molecule has 0 spiro atoms. The average Bonchev–Trinajstić information content (AvgIpc) is 2.67. The van der Waals surface area contributed by atoms with E-state index < -0.39 is 6.10 Å². The monoisotopic (exact) mass is 385 g/mol. The van der Waals surface area contributed by atoms with Crippen LogP contribution in [0.15, 0.2) is 66.7 Å². The Labute approximate surface area is 165 Å². The summed E-state index contributed by atoms with van der Waals surface area (Å²) in [5.74, 6) is 0.294. The molecule has 0 aliphatic carbocycles.